The fraction of sp³-hybridized carbons (Fsp3) is 0.0741. The monoisotopic (exact) mass is 456 g/mol. The molecule has 0 aliphatic carbocycles. The second kappa shape index (κ2) is 10.4. The molecule has 6 nitrogen and oxygen atoms in total. The van der Waals surface area contributed by atoms with Gasteiger partial charge in [0.1, 0.15) is 17.3 Å². The molecule has 0 saturated carbocycles. The van der Waals surface area contributed by atoms with Gasteiger partial charge in [-0.2, -0.15) is 5.10 Å². The zero-order valence-electron chi connectivity index (χ0n) is 18.3. The summed E-state index contributed by atoms with van der Waals surface area (Å²) in [4.78, 5) is 25.0. The van der Waals surface area contributed by atoms with Crippen molar-refractivity contribution < 1.29 is 23.5 Å². The number of fused-ring (bicyclic) bond motifs is 1. The Balaban J connectivity index is 1.58. The summed E-state index contributed by atoms with van der Waals surface area (Å²) in [5.74, 6) is -0.519. The van der Waals surface area contributed by atoms with Crippen LogP contribution in [-0.4, -0.2) is 24.7 Å². The molecule has 0 unspecified atom stereocenters. The number of carbonyl (C=O) groups is 2. The van der Waals surface area contributed by atoms with Crippen LogP contribution < -0.4 is 14.9 Å². The molecule has 0 aliphatic heterocycles. The van der Waals surface area contributed by atoms with Gasteiger partial charge >= 0.3 is 5.97 Å². The number of hydrogen-bond donors (Lipinski definition) is 1. The largest absolute Gasteiger partial charge is 0.494 e. The third-order valence-corrected chi connectivity index (χ3v) is 5.00. The Kier molecular flexibility index (Phi) is 6.93. The number of halogens is 1. The molecule has 170 valence electrons. The average Bonchev–Trinajstić information content (AvgIpc) is 2.86. The maximum absolute atomic E-state index is 13.1. The molecule has 0 fully saturated rings. The van der Waals surface area contributed by atoms with E-state index in [1.807, 2.05) is 37.3 Å². The number of rotatable bonds is 7. The van der Waals surface area contributed by atoms with Crippen LogP contribution in [0.2, 0.25) is 0 Å². The van der Waals surface area contributed by atoms with Crippen molar-refractivity contribution in [1.29, 1.82) is 0 Å². The highest BCUT2D eigenvalue weighted by Gasteiger charge is 2.14. The van der Waals surface area contributed by atoms with Crippen molar-refractivity contribution in [1.82, 2.24) is 5.43 Å². The quantitative estimate of drug-likeness (QED) is 0.176. The van der Waals surface area contributed by atoms with E-state index in [2.05, 4.69) is 10.5 Å². The van der Waals surface area contributed by atoms with Crippen molar-refractivity contribution >= 4 is 28.9 Å². The zero-order chi connectivity index (χ0) is 23.9. The summed E-state index contributed by atoms with van der Waals surface area (Å²) in [6, 6.07) is 22.8. The Morgan fingerprint density at radius 3 is 2.35 bits per heavy atom. The van der Waals surface area contributed by atoms with E-state index in [0.29, 0.717) is 23.5 Å². The van der Waals surface area contributed by atoms with Crippen LogP contribution in [-0.2, 0) is 0 Å². The van der Waals surface area contributed by atoms with Crippen LogP contribution in [0, 0.1) is 5.82 Å². The van der Waals surface area contributed by atoms with Crippen LogP contribution in [0.1, 0.15) is 33.2 Å². The van der Waals surface area contributed by atoms with Gasteiger partial charge in [0.05, 0.1) is 18.4 Å². The van der Waals surface area contributed by atoms with Gasteiger partial charge in [-0.1, -0.05) is 30.3 Å². The van der Waals surface area contributed by atoms with Crippen molar-refractivity contribution in [2.75, 3.05) is 6.61 Å². The van der Waals surface area contributed by atoms with Crippen LogP contribution in [0.15, 0.2) is 90.0 Å². The molecule has 1 amide bonds. The summed E-state index contributed by atoms with van der Waals surface area (Å²) in [6.07, 6.45) is 1.42. The first-order valence-corrected chi connectivity index (χ1v) is 10.6. The van der Waals surface area contributed by atoms with Crippen molar-refractivity contribution in [3.63, 3.8) is 0 Å². The number of nitrogens with one attached hydrogen (secondary N) is 1. The minimum Gasteiger partial charge on any atom is -0.494 e. The lowest BCUT2D eigenvalue weighted by molar-refractivity contribution is 0.0734. The third kappa shape index (κ3) is 5.27. The number of benzene rings is 4. The Morgan fingerprint density at radius 2 is 1.62 bits per heavy atom. The summed E-state index contributed by atoms with van der Waals surface area (Å²) in [5.41, 5.74) is 3.57. The molecule has 1 N–H and O–H groups in total. The van der Waals surface area contributed by atoms with E-state index in [1.54, 1.807) is 30.3 Å². The SMILES string of the molecule is CCOc1ccc(C(=O)Oc2ccc3ccccc3c2/C=N\NC(=O)c2ccc(F)cc2)cc1. The van der Waals surface area contributed by atoms with E-state index in [4.69, 9.17) is 9.47 Å². The molecule has 4 aromatic rings. The maximum atomic E-state index is 13.1. The molecule has 0 aliphatic rings. The summed E-state index contributed by atoms with van der Waals surface area (Å²) in [7, 11) is 0. The lowest BCUT2D eigenvalue weighted by Gasteiger charge is -2.11. The van der Waals surface area contributed by atoms with Gasteiger partial charge in [0, 0.05) is 11.1 Å². The molecular formula is C27H21FN2O4. The van der Waals surface area contributed by atoms with E-state index in [-0.39, 0.29) is 11.3 Å². The molecule has 0 atom stereocenters. The fourth-order valence-electron chi connectivity index (χ4n) is 3.33. The Bertz CT molecular complexity index is 1350. The summed E-state index contributed by atoms with van der Waals surface area (Å²) in [5, 5.41) is 5.74. The molecule has 34 heavy (non-hydrogen) atoms. The smallest absolute Gasteiger partial charge is 0.343 e. The molecule has 4 rings (SSSR count). The van der Waals surface area contributed by atoms with Crippen LogP contribution in [0.4, 0.5) is 4.39 Å². The highest BCUT2D eigenvalue weighted by molar-refractivity contribution is 6.04. The van der Waals surface area contributed by atoms with E-state index >= 15 is 0 Å². The number of ether oxygens (including phenoxy) is 2. The van der Waals surface area contributed by atoms with E-state index < -0.39 is 17.7 Å². The van der Waals surface area contributed by atoms with Crippen LogP contribution in [0.3, 0.4) is 0 Å². The lowest BCUT2D eigenvalue weighted by Crippen LogP contribution is -2.17. The molecule has 7 heteroatoms. The second-order valence-electron chi connectivity index (χ2n) is 7.25. The van der Waals surface area contributed by atoms with E-state index in [9.17, 15) is 14.0 Å². The first-order valence-electron chi connectivity index (χ1n) is 10.6. The van der Waals surface area contributed by atoms with Crippen LogP contribution >= 0.6 is 0 Å². The lowest BCUT2D eigenvalue weighted by atomic mass is 10.0. The van der Waals surface area contributed by atoms with E-state index in [1.165, 1.54) is 30.5 Å². The standard InChI is InChI=1S/C27H21FN2O4/c1-2-33-22-14-9-20(10-15-22)27(32)34-25-16-11-18-5-3-4-6-23(18)24(25)17-29-30-26(31)19-7-12-21(28)13-8-19/h3-17H,2H2,1H3,(H,30,31)/b29-17-. The molecule has 0 heterocycles. The third-order valence-electron chi connectivity index (χ3n) is 5.00. The molecular weight excluding hydrogens is 435 g/mol. The Morgan fingerprint density at radius 1 is 0.912 bits per heavy atom. The first-order chi connectivity index (χ1) is 16.5. The van der Waals surface area contributed by atoms with Crippen molar-refractivity contribution in [3.8, 4) is 11.5 Å². The predicted octanol–water partition coefficient (Wildman–Crippen LogP) is 5.36. The fourth-order valence-corrected chi connectivity index (χ4v) is 3.33. The van der Waals surface area contributed by atoms with Crippen molar-refractivity contribution in [2.45, 2.75) is 6.92 Å². The summed E-state index contributed by atoms with van der Waals surface area (Å²) >= 11 is 0. The molecule has 0 saturated heterocycles. The highest BCUT2D eigenvalue weighted by Crippen LogP contribution is 2.27. The van der Waals surface area contributed by atoms with Gasteiger partial charge in [-0.05, 0) is 72.3 Å². The summed E-state index contributed by atoms with van der Waals surface area (Å²) < 4.78 is 24.2. The maximum Gasteiger partial charge on any atom is 0.343 e. The minimum absolute atomic E-state index is 0.263. The molecule has 0 bridgehead atoms. The predicted molar refractivity (Wildman–Crippen MR) is 128 cm³/mol. The van der Waals surface area contributed by atoms with Gasteiger partial charge in [0.25, 0.3) is 5.91 Å². The average molecular weight is 456 g/mol. The molecule has 0 aromatic heterocycles. The van der Waals surface area contributed by atoms with E-state index in [0.717, 1.165) is 10.8 Å². The van der Waals surface area contributed by atoms with Crippen LogP contribution in [0.25, 0.3) is 10.8 Å². The van der Waals surface area contributed by atoms with Gasteiger partial charge < -0.3 is 9.47 Å². The van der Waals surface area contributed by atoms with Gasteiger partial charge in [-0.15, -0.1) is 0 Å². The first kappa shape index (κ1) is 22.7. The van der Waals surface area contributed by atoms with Crippen LogP contribution in [0.5, 0.6) is 11.5 Å². The number of hydrogen-bond acceptors (Lipinski definition) is 5. The van der Waals surface area contributed by atoms with Gasteiger partial charge in [-0.3, -0.25) is 4.79 Å². The van der Waals surface area contributed by atoms with Crippen molar-refractivity contribution in [2.24, 2.45) is 5.10 Å². The van der Waals surface area contributed by atoms with Crippen molar-refractivity contribution in [3.05, 3.63) is 107 Å². The summed E-state index contributed by atoms with van der Waals surface area (Å²) in [6.45, 7) is 2.41. The zero-order valence-corrected chi connectivity index (χ0v) is 18.3. The Hall–Kier alpha value is -4.52. The number of hydrazone groups is 1. The number of esters is 1. The molecule has 0 radical (unpaired) electrons. The molecule has 4 aromatic carbocycles. The molecule has 0 spiro atoms. The number of amides is 1. The van der Waals surface area contributed by atoms with Gasteiger partial charge in [-0.25, -0.2) is 14.6 Å². The number of carbonyl (C=O) groups excluding carboxylic acids is 2. The Labute approximate surface area is 195 Å². The highest BCUT2D eigenvalue weighted by atomic mass is 19.1. The topological polar surface area (TPSA) is 77.0 Å². The normalized spacial score (nSPS) is 10.9. The van der Waals surface area contributed by atoms with Gasteiger partial charge in [0.15, 0.2) is 0 Å². The minimum atomic E-state index is -0.539. The van der Waals surface area contributed by atoms with Gasteiger partial charge in [0.2, 0.25) is 0 Å². The second-order valence-corrected chi connectivity index (χ2v) is 7.25. The number of nitrogens with zero attached hydrogens (tertiary/aromatic N) is 1.